The first-order chi connectivity index (χ1) is 17.4. The van der Waals surface area contributed by atoms with Crippen LogP contribution in [-0.2, 0) is 16.2 Å². The van der Waals surface area contributed by atoms with E-state index < -0.39 is 0 Å². The highest BCUT2D eigenvalue weighted by Gasteiger charge is 2.43. The summed E-state index contributed by atoms with van der Waals surface area (Å²) in [6.07, 6.45) is 4.50. The minimum Gasteiger partial charge on any atom is -0.493 e. The van der Waals surface area contributed by atoms with Gasteiger partial charge in [-0.3, -0.25) is 9.59 Å². The van der Waals surface area contributed by atoms with E-state index in [1.165, 1.54) is 0 Å². The van der Waals surface area contributed by atoms with E-state index in [2.05, 4.69) is 34.4 Å². The molecule has 0 N–H and O–H groups in total. The van der Waals surface area contributed by atoms with Gasteiger partial charge in [0, 0.05) is 52.9 Å². The van der Waals surface area contributed by atoms with Crippen molar-refractivity contribution in [3.05, 3.63) is 78.7 Å². The van der Waals surface area contributed by atoms with E-state index in [9.17, 15) is 9.59 Å². The second-order valence-electron chi connectivity index (χ2n) is 9.40. The van der Waals surface area contributed by atoms with Crippen LogP contribution in [0.3, 0.4) is 0 Å². The monoisotopic (exact) mass is 617 g/mol. The number of halogens is 2. The maximum atomic E-state index is 13.4. The van der Waals surface area contributed by atoms with Crippen LogP contribution in [-0.4, -0.2) is 30.1 Å². The zero-order chi connectivity index (χ0) is 25.4. The standard InChI is InChI=1S/C29H29ClINO4/c1-3-32-21-9-5-11-23(33)27(21)26(28-22(32)10-6-12-24(28)34)18-14-20(31)29(25(15-18)35-2)36-16-17-7-4-8-19(30)13-17/h4,7-8,13-15,26H,3,5-6,9-12,16H2,1-2H3. The van der Waals surface area contributed by atoms with E-state index in [1.807, 2.05) is 36.4 Å². The molecular weight excluding hydrogens is 589 g/mol. The van der Waals surface area contributed by atoms with Crippen molar-refractivity contribution in [2.75, 3.05) is 13.7 Å². The molecule has 1 aliphatic heterocycles. The molecule has 36 heavy (non-hydrogen) atoms. The maximum Gasteiger partial charge on any atom is 0.174 e. The topological polar surface area (TPSA) is 55.8 Å². The molecule has 0 fully saturated rings. The lowest BCUT2D eigenvalue weighted by atomic mass is 9.71. The van der Waals surface area contributed by atoms with E-state index in [-0.39, 0.29) is 17.5 Å². The third-order valence-corrected chi connectivity index (χ3v) is 8.30. The predicted octanol–water partition coefficient (Wildman–Crippen LogP) is 6.97. The van der Waals surface area contributed by atoms with Gasteiger partial charge in [0.2, 0.25) is 0 Å². The molecule has 3 aliphatic rings. The fraction of sp³-hybridized carbons (Fsp3) is 0.379. The predicted molar refractivity (Wildman–Crippen MR) is 148 cm³/mol. The van der Waals surface area contributed by atoms with E-state index >= 15 is 0 Å². The molecule has 0 atom stereocenters. The van der Waals surface area contributed by atoms with Crippen LogP contribution in [0.4, 0.5) is 0 Å². The van der Waals surface area contributed by atoms with Gasteiger partial charge in [-0.2, -0.15) is 0 Å². The number of ketones is 2. The number of nitrogens with zero attached hydrogens (tertiary/aromatic N) is 1. The molecule has 5 nitrogen and oxygen atoms in total. The molecule has 0 unspecified atom stereocenters. The molecule has 2 aromatic rings. The molecule has 5 rings (SSSR count). The Morgan fingerprint density at radius 2 is 1.67 bits per heavy atom. The van der Waals surface area contributed by atoms with Gasteiger partial charge in [0.15, 0.2) is 23.1 Å². The number of methoxy groups -OCH3 is 1. The lowest BCUT2D eigenvalue weighted by Crippen LogP contribution is -2.39. The maximum absolute atomic E-state index is 13.4. The number of hydrogen-bond acceptors (Lipinski definition) is 5. The second kappa shape index (κ2) is 10.6. The average molecular weight is 618 g/mol. The van der Waals surface area contributed by atoms with Gasteiger partial charge in [0.25, 0.3) is 0 Å². The van der Waals surface area contributed by atoms with Crippen molar-refractivity contribution in [2.45, 2.75) is 58.0 Å². The lowest BCUT2D eigenvalue weighted by molar-refractivity contribution is -0.117. The highest BCUT2D eigenvalue weighted by molar-refractivity contribution is 14.1. The van der Waals surface area contributed by atoms with Crippen molar-refractivity contribution in [2.24, 2.45) is 0 Å². The second-order valence-corrected chi connectivity index (χ2v) is 11.0. The Balaban J connectivity index is 1.59. The molecule has 2 aliphatic carbocycles. The number of carbonyl (C=O) groups is 2. The Hall–Kier alpha value is -2.32. The summed E-state index contributed by atoms with van der Waals surface area (Å²) in [6, 6.07) is 11.6. The summed E-state index contributed by atoms with van der Waals surface area (Å²) >= 11 is 8.38. The number of benzene rings is 2. The molecule has 1 heterocycles. The molecule has 188 valence electrons. The van der Waals surface area contributed by atoms with Gasteiger partial charge in [-0.25, -0.2) is 0 Å². The van der Waals surface area contributed by atoms with Crippen molar-refractivity contribution in [1.29, 1.82) is 0 Å². The van der Waals surface area contributed by atoms with Crippen LogP contribution in [0.25, 0.3) is 0 Å². The van der Waals surface area contributed by atoms with Crippen LogP contribution in [0, 0.1) is 3.57 Å². The molecule has 7 heteroatoms. The van der Waals surface area contributed by atoms with Gasteiger partial charge in [0.05, 0.1) is 10.7 Å². The summed E-state index contributed by atoms with van der Waals surface area (Å²) in [5.74, 6) is 1.18. The Bertz CT molecular complexity index is 1250. The van der Waals surface area contributed by atoms with Crippen molar-refractivity contribution >= 4 is 45.8 Å². The van der Waals surface area contributed by atoms with Crippen molar-refractivity contribution < 1.29 is 19.1 Å². The molecule has 0 saturated carbocycles. The molecule has 0 spiro atoms. The number of hydrogen-bond donors (Lipinski definition) is 0. The van der Waals surface area contributed by atoms with Gasteiger partial charge in [0.1, 0.15) is 6.61 Å². The summed E-state index contributed by atoms with van der Waals surface area (Å²) in [7, 11) is 1.62. The number of ether oxygens (including phenoxy) is 2. The Morgan fingerprint density at radius 3 is 2.25 bits per heavy atom. The Morgan fingerprint density at radius 1 is 1.00 bits per heavy atom. The summed E-state index contributed by atoms with van der Waals surface area (Å²) in [5.41, 5.74) is 5.66. The van der Waals surface area contributed by atoms with Crippen LogP contribution >= 0.6 is 34.2 Å². The van der Waals surface area contributed by atoms with Gasteiger partial charge in [-0.15, -0.1) is 0 Å². The summed E-state index contributed by atoms with van der Waals surface area (Å²) < 4.78 is 12.8. The quantitative estimate of drug-likeness (QED) is 0.328. The third-order valence-electron chi connectivity index (χ3n) is 7.26. The van der Waals surface area contributed by atoms with Crippen LogP contribution < -0.4 is 9.47 Å². The third kappa shape index (κ3) is 4.58. The highest BCUT2D eigenvalue weighted by atomic mass is 127. The molecule has 0 bridgehead atoms. The number of rotatable bonds is 6. The minimum atomic E-state index is -0.359. The highest BCUT2D eigenvalue weighted by Crippen LogP contribution is 2.50. The largest absolute Gasteiger partial charge is 0.493 e. The molecule has 0 amide bonds. The first-order valence-corrected chi connectivity index (χ1v) is 13.9. The molecular formula is C29H29ClINO4. The number of allylic oxidation sites excluding steroid dienone is 4. The first kappa shape index (κ1) is 25.3. The van der Waals surface area contributed by atoms with Crippen molar-refractivity contribution in [3.63, 3.8) is 0 Å². The average Bonchev–Trinajstić information content (AvgIpc) is 2.86. The van der Waals surface area contributed by atoms with Crippen LogP contribution in [0.15, 0.2) is 58.9 Å². The minimum absolute atomic E-state index is 0.153. The molecule has 2 aromatic carbocycles. The fourth-order valence-corrected chi connectivity index (χ4v) is 6.75. The molecule has 0 radical (unpaired) electrons. The van der Waals surface area contributed by atoms with Gasteiger partial charge in [-0.1, -0.05) is 23.7 Å². The number of Topliss-reactive ketones (excluding diaryl/α,β-unsaturated/α-hetero) is 2. The normalized spacial score (nSPS) is 18.4. The summed E-state index contributed by atoms with van der Waals surface area (Å²) in [4.78, 5) is 29.0. The molecule has 0 saturated heterocycles. The van der Waals surface area contributed by atoms with E-state index in [1.54, 1.807) is 7.11 Å². The fourth-order valence-electron chi connectivity index (χ4n) is 5.76. The van der Waals surface area contributed by atoms with Crippen molar-refractivity contribution in [3.8, 4) is 11.5 Å². The smallest absolute Gasteiger partial charge is 0.174 e. The van der Waals surface area contributed by atoms with Crippen LogP contribution in [0.1, 0.15) is 62.5 Å². The lowest BCUT2D eigenvalue weighted by Gasteiger charge is -2.43. The SMILES string of the molecule is CCN1C2=C(C(=O)CCC2)C(c2cc(I)c(OCc3cccc(Cl)c3)c(OC)c2)C2=C1CCCC2=O. The summed E-state index contributed by atoms with van der Waals surface area (Å²) in [5, 5.41) is 0.661. The van der Waals surface area contributed by atoms with E-state index in [4.69, 9.17) is 21.1 Å². The van der Waals surface area contributed by atoms with Gasteiger partial charge >= 0.3 is 0 Å². The van der Waals surface area contributed by atoms with E-state index in [0.29, 0.717) is 36.0 Å². The number of carbonyl (C=O) groups excluding carboxylic acids is 2. The molecule has 0 aromatic heterocycles. The zero-order valence-corrected chi connectivity index (χ0v) is 23.4. The Kier molecular flexibility index (Phi) is 7.45. The van der Waals surface area contributed by atoms with Gasteiger partial charge in [-0.05, 0) is 90.6 Å². The van der Waals surface area contributed by atoms with Crippen LogP contribution in [0.2, 0.25) is 5.02 Å². The van der Waals surface area contributed by atoms with Crippen LogP contribution in [0.5, 0.6) is 11.5 Å². The zero-order valence-electron chi connectivity index (χ0n) is 20.5. The first-order valence-electron chi connectivity index (χ1n) is 12.5. The van der Waals surface area contributed by atoms with Gasteiger partial charge < -0.3 is 14.4 Å². The summed E-state index contributed by atoms with van der Waals surface area (Å²) in [6.45, 7) is 3.22. The van der Waals surface area contributed by atoms with E-state index in [0.717, 1.165) is 69.5 Å². The van der Waals surface area contributed by atoms with Crippen molar-refractivity contribution in [1.82, 2.24) is 4.90 Å². The Labute approximate surface area is 230 Å².